The molecule has 23 nitrogen and oxygen atoms in total. The van der Waals surface area contributed by atoms with Crippen LogP contribution in [-0.2, 0) is 74.7 Å². The fraction of sp³-hybridized carbons (Fsp3) is 0.265. The Bertz CT molecular complexity index is 5940. The number of benzene rings is 7. The summed E-state index contributed by atoms with van der Waals surface area (Å²) in [7, 11) is 12.7. The van der Waals surface area contributed by atoms with Crippen molar-refractivity contribution in [2.45, 2.75) is 125 Å². The molecule has 8 heterocycles. The number of hydrogen-bond acceptors (Lipinski definition) is 17. The third-order valence-electron chi connectivity index (χ3n) is 18.9. The molecule has 126 heavy (non-hydrogen) atoms. The number of nitrogen functional groups attached to an aromatic ring is 1. The van der Waals surface area contributed by atoms with Gasteiger partial charge in [0.15, 0.2) is 16.5 Å². The maximum atomic E-state index is 12.5. The predicted octanol–water partition coefficient (Wildman–Crippen LogP) is 21.1. The van der Waals surface area contributed by atoms with Crippen molar-refractivity contribution in [2.75, 3.05) is 27.1 Å². The zero-order chi connectivity index (χ0) is 87.5. The Balaban J connectivity index is 0.000000285. The Morgan fingerprint density at radius 3 is 1.17 bits per heavy atom. The van der Waals surface area contributed by atoms with Crippen LogP contribution in [0, 0.1) is 24.2 Å². The van der Waals surface area contributed by atoms with Crippen molar-refractivity contribution in [3.63, 3.8) is 0 Å². The van der Waals surface area contributed by atoms with Gasteiger partial charge in [0.25, 0.3) is 0 Å². The SMILES string of the molecule is C.C.C.C#C[C@H](Cc1ccc(OC)cc1)NC(=O)OC(C)(C)C.COc1ccc(C[C@@H](C#Cc2nc(-c3ccc4cnccc4c3)cn2C)NC(=O)OC(C)(C)C)cc1.COc1ccc(C[C@H](N)CCc2nc(-c3ccc4cnccc4c3)cn2C)cc1.Cn1cc(-c2ccc3cnccc3c2)nc1Br.Cn1cc(-c2ccc3cnccc3c2)nc1N.[2HH].[B].[Br][Cu][Br]. The molecule has 0 fully saturated rings. The number of terminal acetylenes is 1. The van der Waals surface area contributed by atoms with Crippen molar-refractivity contribution < 1.29 is 46.0 Å². The van der Waals surface area contributed by atoms with Crippen molar-refractivity contribution >= 4 is 114 Å². The van der Waals surface area contributed by atoms with E-state index in [9.17, 15) is 9.59 Å². The number of alkyl carbamates (subject to hydrolysis) is 2. The number of nitrogens with one attached hydrogen (secondary N) is 2. The summed E-state index contributed by atoms with van der Waals surface area (Å²) in [6.45, 7) is 10.9. The molecule has 8 aromatic heterocycles. The van der Waals surface area contributed by atoms with Gasteiger partial charge < -0.3 is 64.1 Å². The van der Waals surface area contributed by atoms with Crippen LogP contribution in [0.25, 0.3) is 88.1 Å². The fourth-order valence-corrected chi connectivity index (χ4v) is 12.9. The van der Waals surface area contributed by atoms with E-state index in [4.69, 9.17) is 51.5 Å². The molecule has 7 aromatic carbocycles. The van der Waals surface area contributed by atoms with Crippen LogP contribution in [0.3, 0.4) is 0 Å². The van der Waals surface area contributed by atoms with Crippen LogP contribution in [0.15, 0.2) is 249 Å². The number of anilines is 1. The molecule has 2 amide bonds. The normalized spacial score (nSPS) is 11.3. The van der Waals surface area contributed by atoms with Crippen LogP contribution in [0.1, 0.15) is 100 Å². The number of pyridine rings is 4. The summed E-state index contributed by atoms with van der Waals surface area (Å²) in [6, 6.07) is 55.5. The molecule has 0 bridgehead atoms. The molecule has 0 unspecified atom stereocenters. The molecular weight excluding hydrogens is 1830 g/mol. The monoisotopic (exact) mass is 1940 g/mol. The van der Waals surface area contributed by atoms with Gasteiger partial charge in [0.1, 0.15) is 34.3 Å². The Kier molecular flexibility index (Phi) is 40.4. The number of nitrogens with two attached hydrogens (primary N) is 2. The van der Waals surface area contributed by atoms with Crippen LogP contribution < -0.4 is 36.3 Å². The third kappa shape index (κ3) is 31.2. The fourth-order valence-electron chi connectivity index (χ4n) is 12.6. The summed E-state index contributed by atoms with van der Waals surface area (Å²) in [5.74, 6) is 13.5. The topological polar surface area (TPSA) is 279 Å². The number of carbonyl (C=O) groups excluding carboxylic acids is 2. The molecule has 3 atom stereocenters. The molecule has 0 aliphatic rings. The molecule has 15 rings (SSSR count). The van der Waals surface area contributed by atoms with Crippen molar-refractivity contribution in [1.29, 1.82) is 0 Å². The first kappa shape index (κ1) is 103. The molecule has 0 aliphatic heterocycles. The van der Waals surface area contributed by atoms with E-state index in [0.717, 1.165) is 136 Å². The number of rotatable bonds is 18. The number of nitrogens with zero attached hydrogens (tertiary/aromatic N) is 12. The van der Waals surface area contributed by atoms with Crippen LogP contribution in [-0.4, -0.2) is 129 Å². The number of hydrogen-bond donors (Lipinski definition) is 4. The van der Waals surface area contributed by atoms with Gasteiger partial charge in [0.2, 0.25) is 0 Å². The van der Waals surface area contributed by atoms with Crippen LogP contribution in [0.4, 0.5) is 15.5 Å². The second kappa shape index (κ2) is 49.5. The van der Waals surface area contributed by atoms with E-state index in [2.05, 4.69) is 174 Å². The van der Waals surface area contributed by atoms with E-state index in [0.29, 0.717) is 24.6 Å². The van der Waals surface area contributed by atoms with E-state index in [1.165, 1.54) is 27.7 Å². The first-order valence-corrected chi connectivity index (χ1v) is 44.3. The van der Waals surface area contributed by atoms with Gasteiger partial charge in [0.05, 0.1) is 56.2 Å². The van der Waals surface area contributed by atoms with Gasteiger partial charge in [-0.1, -0.05) is 119 Å². The Morgan fingerprint density at radius 1 is 0.476 bits per heavy atom. The number of ether oxygens (including phenoxy) is 5. The van der Waals surface area contributed by atoms with E-state index >= 15 is 0 Å². The van der Waals surface area contributed by atoms with Gasteiger partial charge in [-0.25, -0.2) is 29.5 Å². The summed E-state index contributed by atoms with van der Waals surface area (Å²) in [5.41, 5.74) is 22.2. The second-order valence-electron chi connectivity index (χ2n) is 30.4. The van der Waals surface area contributed by atoms with Crippen molar-refractivity contribution in [3.05, 3.63) is 277 Å². The molecule has 3 radical (unpaired) electrons. The zero-order valence-electron chi connectivity index (χ0n) is 70.8. The number of carbonyl (C=O) groups is 2. The number of aromatic nitrogens is 12. The number of fused-ring (bicyclic) bond motifs is 4. The van der Waals surface area contributed by atoms with Gasteiger partial charge in [-0.05, 0) is 199 Å². The zero-order valence-corrected chi connectivity index (χ0v) is 76.5. The minimum absolute atomic E-state index is 0. The predicted molar refractivity (Wildman–Crippen MR) is 522 cm³/mol. The van der Waals surface area contributed by atoms with Crippen LogP contribution in [0.5, 0.6) is 17.2 Å². The molecular formula is C98H113BBr3CuN16O7. The molecule has 15 aromatic rings. The van der Waals surface area contributed by atoms with Crippen LogP contribution >= 0.6 is 44.2 Å². The first-order chi connectivity index (χ1) is 58.5. The van der Waals surface area contributed by atoms with Gasteiger partial charge in [-0.2, -0.15) is 0 Å². The molecule has 28 heteroatoms. The van der Waals surface area contributed by atoms with E-state index in [1.807, 2.05) is 221 Å². The van der Waals surface area contributed by atoms with Crippen molar-refractivity contribution in [3.8, 4) is 86.5 Å². The number of amides is 2. The van der Waals surface area contributed by atoms with Crippen LogP contribution in [0.2, 0.25) is 0 Å². The summed E-state index contributed by atoms with van der Waals surface area (Å²) < 4.78 is 34.8. The summed E-state index contributed by atoms with van der Waals surface area (Å²) in [4.78, 5) is 59.1. The third-order valence-corrected chi connectivity index (χ3v) is 19.6. The molecule has 0 saturated carbocycles. The van der Waals surface area contributed by atoms with Gasteiger partial charge >= 0.3 is 51.7 Å². The maximum absolute atomic E-state index is 12.5. The molecule has 0 saturated heterocycles. The molecule has 0 aliphatic carbocycles. The van der Waals surface area contributed by atoms with Gasteiger partial charge in [-0.3, -0.25) is 19.9 Å². The summed E-state index contributed by atoms with van der Waals surface area (Å²) >= 11 is 10.8. The van der Waals surface area contributed by atoms with Crippen molar-refractivity contribution in [1.82, 2.24) is 68.8 Å². The molecule has 0 spiro atoms. The minimum atomic E-state index is -0.604. The number of imidazole rings is 4. The Labute approximate surface area is 772 Å². The van der Waals surface area contributed by atoms with E-state index < -0.39 is 35.5 Å². The standard InChI is InChI=1S/C29H30N4O3.C24H26N4O.C16H21NO3.C13H10BrN3.C13H12N4.3CH4.B.2BrH.Cu.H2/c1-29(2,3)36-28(34)31-24(16-20-6-11-25(35-5)12-7-20)10-13-27-32-26(19-33(27)4)22-8-9-23-18-30-15-14-21(23)17-22;1-28-16-23(19-5-6-20-15-26-12-11-18(20)14-19)27-24(28)10-7-21(25)13-17-3-8-22(29-2)9-4-17;1-6-13(17-15(18)20-16(2,3)4)11-12-7-9-14(19-5)10-8-12;2*1-17-8-12(16-13(17)14)10-2-3-11-7-15-5-4-9(11)6-10;;;;;;;;/h6-9,11-12,14-15,17-19,24H,16H2,1-5H3,(H,31,34);3-6,8-9,11-12,14-16,21H,7,10,13,25H2,1-2H3;1,7-10,13H,11H2,2-5H3,(H,17,18);2-8H,1H3;2-8H,1H3,(H2,14,16);3*1H4;;2*1H;;1H/q;;;;;;;;;;;+2;/p-2/t24-;21-;13-;;;;;;;;;;/m111........../s1/i;;;;;;;;;;;;1+1. The number of aryl methyl sites for hydroxylation is 5. The summed E-state index contributed by atoms with van der Waals surface area (Å²) in [6.07, 6.45) is 30.7. The van der Waals surface area contributed by atoms with Gasteiger partial charge in [0, 0.05) is 181 Å². The number of halogens is 3. The van der Waals surface area contributed by atoms with E-state index in [-0.39, 0.29) is 38.2 Å². The molecule has 6 N–H and O–H groups in total. The Morgan fingerprint density at radius 2 is 0.817 bits per heavy atom. The van der Waals surface area contributed by atoms with Crippen molar-refractivity contribution in [2.24, 2.45) is 33.9 Å². The average Bonchev–Trinajstić information content (AvgIpc) is 1.72. The quantitative estimate of drug-likeness (QED) is 0.0459. The first-order valence-electron chi connectivity index (χ1n) is 38.9. The summed E-state index contributed by atoms with van der Waals surface area (Å²) in [5, 5.41) is 14.6. The second-order valence-corrected chi connectivity index (χ2v) is 35.9. The van der Waals surface area contributed by atoms with Gasteiger partial charge in [-0.15, -0.1) is 6.42 Å². The number of methoxy groups -OCH3 is 3. The Hall–Kier alpha value is -12.1. The average molecular weight is 1940 g/mol. The van der Waals surface area contributed by atoms with E-state index in [1.54, 1.807) is 60.7 Å². The molecule has 662 valence electrons.